The van der Waals surface area contributed by atoms with Gasteiger partial charge in [-0.1, -0.05) is 27.5 Å². The summed E-state index contributed by atoms with van der Waals surface area (Å²) in [7, 11) is 0. The van der Waals surface area contributed by atoms with Crippen LogP contribution in [0.1, 0.15) is 5.56 Å². The van der Waals surface area contributed by atoms with Crippen molar-refractivity contribution in [1.29, 1.82) is 0 Å². The lowest BCUT2D eigenvalue weighted by Crippen LogP contribution is -2.36. The van der Waals surface area contributed by atoms with Gasteiger partial charge in [-0.2, -0.15) is 17.6 Å². The van der Waals surface area contributed by atoms with Crippen LogP contribution in [0.25, 0.3) is 5.69 Å². The Morgan fingerprint density at radius 2 is 1.86 bits per heavy atom. The number of nitrogens with one attached hydrogen (secondary N) is 1. The summed E-state index contributed by atoms with van der Waals surface area (Å²) in [4.78, 5) is 25.1. The average molecular weight is 388 g/mol. The van der Waals surface area contributed by atoms with Gasteiger partial charge in [0.15, 0.2) is 5.15 Å². The van der Waals surface area contributed by atoms with E-state index in [9.17, 15) is 27.2 Å². The highest BCUT2D eigenvalue weighted by molar-refractivity contribution is 9.10. The lowest BCUT2D eigenvalue weighted by Gasteiger charge is -2.12. The van der Waals surface area contributed by atoms with Crippen LogP contribution in [0.2, 0.25) is 5.15 Å². The van der Waals surface area contributed by atoms with Crippen molar-refractivity contribution in [3.8, 4) is 5.69 Å². The highest BCUT2D eigenvalue weighted by atomic mass is 79.9. The Bertz CT molecular complexity index is 828. The Morgan fingerprint density at radius 1 is 1.24 bits per heavy atom. The van der Waals surface area contributed by atoms with Gasteiger partial charge in [-0.25, -0.2) is 9.36 Å². The van der Waals surface area contributed by atoms with Crippen molar-refractivity contribution in [3.63, 3.8) is 0 Å². The summed E-state index contributed by atoms with van der Waals surface area (Å²) in [6.07, 6.45) is -4.71. The fourth-order valence-electron chi connectivity index (χ4n) is 1.59. The molecule has 0 atom stereocenters. The summed E-state index contributed by atoms with van der Waals surface area (Å²) < 4.78 is 51.7. The number of hydrogen-bond donors (Lipinski definition) is 1. The molecule has 1 N–H and O–H groups in total. The zero-order valence-corrected chi connectivity index (χ0v) is 12.1. The number of hydrogen-bond acceptors (Lipinski definition) is 2. The molecule has 0 bridgehead atoms. The lowest BCUT2D eigenvalue weighted by molar-refractivity contribution is -0.138. The van der Waals surface area contributed by atoms with Crippen LogP contribution < -0.4 is 11.2 Å². The smallest absolute Gasteiger partial charge is 0.295 e. The third-order valence-corrected chi connectivity index (χ3v) is 3.47. The van der Waals surface area contributed by atoms with Crippen LogP contribution in [0.3, 0.4) is 0 Å². The summed E-state index contributed by atoms with van der Waals surface area (Å²) in [6.45, 7) is 0. The maximum absolute atomic E-state index is 13.4. The molecule has 2 rings (SSSR count). The molecule has 0 unspecified atom stereocenters. The number of H-pyrrole nitrogens is 1. The summed E-state index contributed by atoms with van der Waals surface area (Å²) in [5.74, 6) is -1.47. The molecular formula is C11H4BrClF4N2O2. The lowest BCUT2D eigenvalue weighted by atomic mass is 10.2. The van der Waals surface area contributed by atoms with E-state index in [0.29, 0.717) is 6.07 Å². The van der Waals surface area contributed by atoms with Crippen LogP contribution in [0.15, 0.2) is 32.3 Å². The van der Waals surface area contributed by atoms with Gasteiger partial charge >= 0.3 is 11.9 Å². The first kappa shape index (κ1) is 15.8. The molecule has 0 spiro atoms. The second-order valence-corrected chi connectivity index (χ2v) is 5.09. The van der Waals surface area contributed by atoms with Gasteiger partial charge < -0.3 is 0 Å². The molecule has 112 valence electrons. The summed E-state index contributed by atoms with van der Waals surface area (Å²) in [6, 6.07) is 2.61. The Hall–Kier alpha value is -1.61. The summed E-state index contributed by atoms with van der Waals surface area (Å²) in [5, 5.41) is -0.811. The van der Waals surface area contributed by atoms with Crippen molar-refractivity contribution in [2.45, 2.75) is 6.18 Å². The molecule has 10 heteroatoms. The molecular weight excluding hydrogens is 383 g/mol. The average Bonchev–Trinajstić information content (AvgIpc) is 2.36. The minimum Gasteiger partial charge on any atom is -0.295 e. The van der Waals surface area contributed by atoms with E-state index in [1.807, 2.05) is 4.98 Å². The van der Waals surface area contributed by atoms with E-state index in [-0.39, 0.29) is 9.04 Å². The number of alkyl halides is 3. The molecule has 0 saturated heterocycles. The number of nitrogens with zero attached hydrogens (tertiary/aromatic N) is 1. The monoisotopic (exact) mass is 386 g/mol. The summed E-state index contributed by atoms with van der Waals surface area (Å²) >= 11 is 7.99. The number of rotatable bonds is 1. The second kappa shape index (κ2) is 5.30. The van der Waals surface area contributed by atoms with Gasteiger partial charge in [-0.15, -0.1) is 0 Å². The van der Waals surface area contributed by atoms with Crippen LogP contribution in [0.4, 0.5) is 17.6 Å². The van der Waals surface area contributed by atoms with E-state index in [4.69, 9.17) is 11.6 Å². The predicted molar refractivity (Wildman–Crippen MR) is 70.3 cm³/mol. The van der Waals surface area contributed by atoms with E-state index in [1.54, 1.807) is 0 Å². The molecule has 1 aromatic carbocycles. The molecule has 1 heterocycles. The largest absolute Gasteiger partial charge is 0.417 e. The Morgan fingerprint density at radius 3 is 2.43 bits per heavy atom. The SMILES string of the molecule is O=c1[nH]c(Cl)c(F)c(=O)n1-c1ccc(Br)c(C(F)(F)F)c1. The molecule has 4 nitrogen and oxygen atoms in total. The topological polar surface area (TPSA) is 54.9 Å². The first-order valence-electron chi connectivity index (χ1n) is 5.20. The normalized spacial score (nSPS) is 11.7. The van der Waals surface area contributed by atoms with Gasteiger partial charge in [0.2, 0.25) is 5.82 Å². The van der Waals surface area contributed by atoms with Crippen molar-refractivity contribution >= 4 is 27.5 Å². The molecule has 0 aliphatic carbocycles. The van der Waals surface area contributed by atoms with E-state index in [2.05, 4.69) is 15.9 Å². The Kier molecular flexibility index (Phi) is 3.98. The van der Waals surface area contributed by atoms with E-state index in [1.165, 1.54) is 0 Å². The van der Waals surface area contributed by atoms with E-state index in [0.717, 1.165) is 12.1 Å². The zero-order valence-electron chi connectivity index (χ0n) is 9.76. The molecule has 1 aromatic heterocycles. The van der Waals surface area contributed by atoms with Crippen LogP contribution in [-0.2, 0) is 6.18 Å². The molecule has 0 amide bonds. The predicted octanol–water partition coefficient (Wildman–Crippen LogP) is 3.10. The first-order valence-corrected chi connectivity index (χ1v) is 6.37. The van der Waals surface area contributed by atoms with E-state index >= 15 is 0 Å². The van der Waals surface area contributed by atoms with Crippen LogP contribution in [-0.4, -0.2) is 9.55 Å². The molecule has 0 fully saturated rings. The molecule has 0 saturated carbocycles. The van der Waals surface area contributed by atoms with Crippen molar-refractivity contribution < 1.29 is 17.6 Å². The van der Waals surface area contributed by atoms with Gasteiger partial charge in [-0.05, 0) is 18.2 Å². The van der Waals surface area contributed by atoms with Crippen molar-refractivity contribution in [3.05, 3.63) is 60.0 Å². The van der Waals surface area contributed by atoms with Gasteiger partial charge in [0, 0.05) is 4.47 Å². The fourth-order valence-corrected chi connectivity index (χ4v) is 2.23. The highest BCUT2D eigenvalue weighted by Crippen LogP contribution is 2.35. The van der Waals surface area contributed by atoms with Gasteiger partial charge in [-0.3, -0.25) is 9.78 Å². The third-order valence-electron chi connectivity index (χ3n) is 2.52. The second-order valence-electron chi connectivity index (χ2n) is 3.86. The first-order chi connectivity index (χ1) is 9.62. The number of aromatic amines is 1. The maximum atomic E-state index is 13.4. The van der Waals surface area contributed by atoms with Crippen molar-refractivity contribution in [1.82, 2.24) is 9.55 Å². The molecule has 21 heavy (non-hydrogen) atoms. The summed E-state index contributed by atoms with van der Waals surface area (Å²) in [5.41, 5.74) is -4.14. The highest BCUT2D eigenvalue weighted by Gasteiger charge is 2.33. The van der Waals surface area contributed by atoms with E-state index < -0.39 is 39.6 Å². The minimum absolute atomic E-state index is 0.225. The zero-order chi connectivity index (χ0) is 15.9. The quantitative estimate of drug-likeness (QED) is 0.604. The van der Waals surface area contributed by atoms with Crippen molar-refractivity contribution in [2.24, 2.45) is 0 Å². The van der Waals surface area contributed by atoms with Gasteiger partial charge in [0.1, 0.15) is 0 Å². The maximum Gasteiger partial charge on any atom is 0.417 e. The minimum atomic E-state index is -4.71. The molecule has 0 aliphatic heterocycles. The van der Waals surface area contributed by atoms with Gasteiger partial charge in [0.05, 0.1) is 11.3 Å². The Labute approximate surface area is 127 Å². The third kappa shape index (κ3) is 2.88. The van der Waals surface area contributed by atoms with Crippen molar-refractivity contribution in [2.75, 3.05) is 0 Å². The van der Waals surface area contributed by atoms with Crippen LogP contribution in [0, 0.1) is 5.82 Å². The fraction of sp³-hybridized carbons (Fsp3) is 0.0909. The van der Waals surface area contributed by atoms with Crippen LogP contribution in [0.5, 0.6) is 0 Å². The Balaban J connectivity index is 2.79. The van der Waals surface area contributed by atoms with Gasteiger partial charge in [0.25, 0.3) is 5.56 Å². The number of halogens is 6. The molecule has 0 aliphatic rings. The number of aromatic nitrogens is 2. The molecule has 2 aromatic rings. The van der Waals surface area contributed by atoms with Crippen LogP contribution >= 0.6 is 27.5 Å². The number of benzene rings is 1. The molecule has 0 radical (unpaired) electrons. The standard InChI is InChI=1S/C11H4BrClF4N2O2/c12-6-2-1-4(3-5(6)11(15,16)17)19-9(20)7(14)8(13)18-10(19)21/h1-3H,(H,18,21).